The van der Waals surface area contributed by atoms with E-state index in [1.165, 1.54) is 36.2 Å². The second kappa shape index (κ2) is 11.0. The van der Waals surface area contributed by atoms with Crippen LogP contribution in [0.15, 0.2) is 29.2 Å². The van der Waals surface area contributed by atoms with Crippen LogP contribution in [-0.2, 0) is 29.1 Å². The monoisotopic (exact) mass is 494 g/mol. The van der Waals surface area contributed by atoms with Gasteiger partial charge in [0.1, 0.15) is 0 Å². The number of esters is 1. The number of nitrogens with zero attached hydrogens (tertiary/aromatic N) is 3. The lowest BCUT2D eigenvalue weighted by Gasteiger charge is -2.32. The maximum atomic E-state index is 12.8. The predicted molar refractivity (Wildman–Crippen MR) is 121 cm³/mol. The lowest BCUT2D eigenvalue weighted by molar-refractivity contribution is -0.151. The zero-order chi connectivity index (χ0) is 24.9. The first-order chi connectivity index (χ1) is 16.1. The van der Waals surface area contributed by atoms with Crippen LogP contribution < -0.4 is 5.32 Å². The van der Waals surface area contributed by atoms with Gasteiger partial charge in [-0.3, -0.25) is 19.2 Å². The zero-order valence-electron chi connectivity index (χ0n) is 19.4. The number of hydrogen-bond acceptors (Lipinski definition) is 7. The van der Waals surface area contributed by atoms with Gasteiger partial charge in [0, 0.05) is 38.8 Å². The van der Waals surface area contributed by atoms with Crippen molar-refractivity contribution >= 4 is 33.7 Å². The molecule has 186 valence electrons. The number of piperazine rings is 1. The molecule has 0 atom stereocenters. The fourth-order valence-corrected chi connectivity index (χ4v) is 5.36. The Morgan fingerprint density at radius 1 is 1.12 bits per heavy atom. The molecule has 2 aliphatic rings. The van der Waals surface area contributed by atoms with Gasteiger partial charge in [-0.25, -0.2) is 8.42 Å². The number of carbonyl (C=O) groups is 4. The number of hydrogen-bond donors (Lipinski definition) is 1. The second-order valence-corrected chi connectivity index (χ2v) is 10.2. The van der Waals surface area contributed by atoms with E-state index in [9.17, 15) is 27.6 Å². The molecule has 2 fully saturated rings. The molecule has 0 bridgehead atoms. The van der Waals surface area contributed by atoms with E-state index >= 15 is 0 Å². The standard InChI is InChI=1S/C22H30N4O7S/c1-3-33-22(30)17-8-11-25(12-9-17)20(28)15-24(2)21(29)16-4-6-18(7-5-16)34(31,32)26-13-10-23-19(27)14-26/h4-7,17H,3,8-15H2,1-2H3,(H,23,27). The summed E-state index contributed by atoms with van der Waals surface area (Å²) in [6.07, 6.45) is 1.05. The molecular weight excluding hydrogens is 464 g/mol. The Hall–Kier alpha value is -2.99. The highest BCUT2D eigenvalue weighted by Crippen LogP contribution is 2.20. The molecule has 3 rings (SSSR count). The van der Waals surface area contributed by atoms with Crippen molar-refractivity contribution < 1.29 is 32.3 Å². The maximum absolute atomic E-state index is 12.8. The van der Waals surface area contributed by atoms with Crippen LogP contribution in [0.1, 0.15) is 30.1 Å². The Bertz CT molecular complexity index is 1030. The van der Waals surface area contributed by atoms with Gasteiger partial charge in [0.05, 0.1) is 30.5 Å². The Morgan fingerprint density at radius 2 is 1.76 bits per heavy atom. The molecule has 11 nitrogen and oxygen atoms in total. The first kappa shape index (κ1) is 25.6. The van der Waals surface area contributed by atoms with E-state index in [2.05, 4.69) is 5.32 Å². The van der Waals surface area contributed by atoms with Crippen LogP contribution in [0.25, 0.3) is 0 Å². The van der Waals surface area contributed by atoms with Crippen LogP contribution in [-0.4, -0.2) is 99.1 Å². The number of sulfonamides is 1. The van der Waals surface area contributed by atoms with Crippen molar-refractivity contribution in [1.82, 2.24) is 19.4 Å². The molecular formula is C22H30N4O7S. The van der Waals surface area contributed by atoms with E-state index < -0.39 is 15.9 Å². The van der Waals surface area contributed by atoms with Crippen molar-refractivity contribution in [2.24, 2.45) is 5.92 Å². The Kier molecular flexibility index (Phi) is 8.26. The molecule has 2 saturated heterocycles. The summed E-state index contributed by atoms with van der Waals surface area (Å²) in [6.45, 7) is 2.97. The SMILES string of the molecule is CCOC(=O)C1CCN(C(=O)CN(C)C(=O)c2ccc(S(=O)(=O)N3CCNC(=O)C3)cc2)CC1. The van der Waals surface area contributed by atoms with E-state index in [4.69, 9.17) is 4.74 Å². The number of rotatable bonds is 7. The molecule has 0 saturated carbocycles. The molecule has 34 heavy (non-hydrogen) atoms. The molecule has 1 aromatic carbocycles. The van der Waals surface area contributed by atoms with Gasteiger partial charge >= 0.3 is 5.97 Å². The van der Waals surface area contributed by atoms with E-state index in [1.807, 2.05) is 0 Å². The Labute approximate surface area is 199 Å². The highest BCUT2D eigenvalue weighted by atomic mass is 32.2. The fourth-order valence-electron chi connectivity index (χ4n) is 3.96. The molecule has 2 heterocycles. The third-order valence-corrected chi connectivity index (χ3v) is 7.79. The number of nitrogens with one attached hydrogen (secondary N) is 1. The van der Waals surface area contributed by atoms with E-state index in [0.717, 1.165) is 4.31 Å². The highest BCUT2D eigenvalue weighted by molar-refractivity contribution is 7.89. The van der Waals surface area contributed by atoms with Crippen LogP contribution in [0.5, 0.6) is 0 Å². The summed E-state index contributed by atoms with van der Waals surface area (Å²) in [5.74, 6) is -1.46. The summed E-state index contributed by atoms with van der Waals surface area (Å²) in [5.41, 5.74) is 0.242. The third-order valence-electron chi connectivity index (χ3n) is 5.93. The van der Waals surface area contributed by atoms with Gasteiger partial charge in [0.15, 0.2) is 0 Å². The van der Waals surface area contributed by atoms with Crippen LogP contribution in [0.2, 0.25) is 0 Å². The number of likely N-dealkylation sites (N-methyl/N-ethyl adjacent to an activating group) is 1. The molecule has 0 aromatic heterocycles. The summed E-state index contributed by atoms with van der Waals surface area (Å²) in [7, 11) is -2.35. The Morgan fingerprint density at radius 3 is 2.35 bits per heavy atom. The molecule has 1 aromatic rings. The lowest BCUT2D eigenvalue weighted by atomic mass is 9.97. The second-order valence-electron chi connectivity index (χ2n) is 8.28. The molecule has 0 radical (unpaired) electrons. The van der Waals surface area contributed by atoms with E-state index in [-0.39, 0.29) is 60.3 Å². The van der Waals surface area contributed by atoms with Crippen molar-refractivity contribution in [2.75, 3.05) is 52.9 Å². The highest BCUT2D eigenvalue weighted by Gasteiger charge is 2.30. The predicted octanol–water partition coefficient (Wildman–Crippen LogP) is -0.319. The summed E-state index contributed by atoms with van der Waals surface area (Å²) in [4.78, 5) is 51.7. The van der Waals surface area contributed by atoms with Gasteiger partial charge in [-0.05, 0) is 44.0 Å². The molecule has 0 unspecified atom stereocenters. The van der Waals surface area contributed by atoms with Gasteiger partial charge in [0.25, 0.3) is 5.91 Å². The molecule has 1 N–H and O–H groups in total. The molecule has 0 aliphatic carbocycles. The minimum Gasteiger partial charge on any atom is -0.466 e. The van der Waals surface area contributed by atoms with Gasteiger partial charge in [-0.2, -0.15) is 4.31 Å². The quantitative estimate of drug-likeness (QED) is 0.514. The molecule has 0 spiro atoms. The number of amides is 3. The average Bonchev–Trinajstić information content (AvgIpc) is 2.83. The summed E-state index contributed by atoms with van der Waals surface area (Å²) in [6, 6.07) is 5.44. The van der Waals surface area contributed by atoms with Crippen molar-refractivity contribution in [3.05, 3.63) is 29.8 Å². The number of likely N-dealkylation sites (tertiary alicyclic amines) is 1. The van der Waals surface area contributed by atoms with Crippen LogP contribution >= 0.6 is 0 Å². The third kappa shape index (κ3) is 5.92. The zero-order valence-corrected chi connectivity index (χ0v) is 20.2. The Balaban J connectivity index is 1.56. The first-order valence-corrected chi connectivity index (χ1v) is 12.6. The summed E-state index contributed by atoms with van der Waals surface area (Å²) in [5, 5.41) is 2.58. The number of benzene rings is 1. The molecule has 2 aliphatic heterocycles. The van der Waals surface area contributed by atoms with Gasteiger partial charge in [-0.1, -0.05) is 0 Å². The van der Waals surface area contributed by atoms with Crippen LogP contribution in [0.3, 0.4) is 0 Å². The minimum absolute atomic E-state index is 0.0121. The largest absolute Gasteiger partial charge is 0.466 e. The van der Waals surface area contributed by atoms with Gasteiger partial charge < -0.3 is 19.9 Å². The van der Waals surface area contributed by atoms with Gasteiger partial charge in [-0.15, -0.1) is 0 Å². The van der Waals surface area contributed by atoms with E-state index in [0.29, 0.717) is 32.5 Å². The van der Waals surface area contributed by atoms with Crippen molar-refractivity contribution in [2.45, 2.75) is 24.7 Å². The lowest BCUT2D eigenvalue weighted by Crippen LogP contribution is -2.49. The first-order valence-electron chi connectivity index (χ1n) is 11.2. The maximum Gasteiger partial charge on any atom is 0.309 e. The fraction of sp³-hybridized carbons (Fsp3) is 0.545. The normalized spacial score (nSPS) is 17.7. The summed E-state index contributed by atoms with van der Waals surface area (Å²) < 4.78 is 31.6. The molecule has 3 amide bonds. The van der Waals surface area contributed by atoms with Gasteiger partial charge in [0.2, 0.25) is 21.8 Å². The minimum atomic E-state index is -3.85. The molecule has 12 heteroatoms. The number of carbonyl (C=O) groups excluding carboxylic acids is 4. The topological polar surface area (TPSA) is 133 Å². The van der Waals surface area contributed by atoms with Crippen LogP contribution in [0, 0.1) is 5.92 Å². The van der Waals surface area contributed by atoms with Crippen molar-refractivity contribution in [1.29, 1.82) is 0 Å². The average molecular weight is 495 g/mol. The number of piperidine rings is 1. The van der Waals surface area contributed by atoms with Crippen molar-refractivity contribution in [3.8, 4) is 0 Å². The van der Waals surface area contributed by atoms with Crippen LogP contribution in [0.4, 0.5) is 0 Å². The number of ether oxygens (including phenoxy) is 1. The smallest absolute Gasteiger partial charge is 0.309 e. The summed E-state index contributed by atoms with van der Waals surface area (Å²) >= 11 is 0. The van der Waals surface area contributed by atoms with Crippen molar-refractivity contribution in [3.63, 3.8) is 0 Å². The van der Waals surface area contributed by atoms with E-state index in [1.54, 1.807) is 11.8 Å².